The van der Waals surface area contributed by atoms with Gasteiger partial charge in [-0.2, -0.15) is 0 Å². The fourth-order valence-corrected chi connectivity index (χ4v) is 3.91. The SMILES string of the molecule is O=c1cc(C2OCC3OC(c4ccccc4)OC3CO2)c2cc(Br)c(O)cc2o1. The van der Waals surface area contributed by atoms with Crippen LogP contribution in [0.1, 0.15) is 23.7 Å². The summed E-state index contributed by atoms with van der Waals surface area (Å²) in [7, 11) is 0. The van der Waals surface area contributed by atoms with Crippen molar-refractivity contribution < 1.29 is 28.5 Å². The van der Waals surface area contributed by atoms with Crippen molar-refractivity contribution in [2.75, 3.05) is 13.2 Å². The van der Waals surface area contributed by atoms with Gasteiger partial charge in [-0.15, -0.1) is 0 Å². The van der Waals surface area contributed by atoms with Crippen LogP contribution in [0.5, 0.6) is 5.75 Å². The molecule has 0 spiro atoms. The van der Waals surface area contributed by atoms with Crippen molar-refractivity contribution in [3.63, 3.8) is 0 Å². The normalized spacial score (nSPS) is 26.9. The Labute approximate surface area is 173 Å². The lowest BCUT2D eigenvalue weighted by Gasteiger charge is -2.19. The van der Waals surface area contributed by atoms with E-state index in [0.717, 1.165) is 5.56 Å². The summed E-state index contributed by atoms with van der Waals surface area (Å²) < 4.78 is 29.6. The molecule has 1 N–H and O–H groups in total. The van der Waals surface area contributed by atoms with Crippen LogP contribution in [0.4, 0.5) is 0 Å². The first-order valence-electron chi connectivity index (χ1n) is 9.14. The zero-order valence-corrected chi connectivity index (χ0v) is 16.7. The molecule has 5 rings (SSSR count). The third-order valence-corrected chi connectivity index (χ3v) is 5.64. The number of halogens is 1. The first-order chi connectivity index (χ1) is 14.1. The van der Waals surface area contributed by atoms with Crippen molar-refractivity contribution in [1.29, 1.82) is 0 Å². The number of fused-ring (bicyclic) bond motifs is 2. The summed E-state index contributed by atoms with van der Waals surface area (Å²) >= 11 is 3.29. The van der Waals surface area contributed by atoms with Gasteiger partial charge in [0.2, 0.25) is 0 Å². The van der Waals surface area contributed by atoms with Gasteiger partial charge >= 0.3 is 5.63 Å². The largest absolute Gasteiger partial charge is 0.507 e. The predicted molar refractivity (Wildman–Crippen MR) is 105 cm³/mol. The van der Waals surface area contributed by atoms with Gasteiger partial charge in [0.05, 0.1) is 17.7 Å². The Hall–Kier alpha value is -2.23. The minimum atomic E-state index is -0.786. The van der Waals surface area contributed by atoms with Gasteiger partial charge in [-0.25, -0.2) is 4.79 Å². The van der Waals surface area contributed by atoms with Crippen molar-refractivity contribution in [2.45, 2.75) is 24.8 Å². The predicted octanol–water partition coefficient (Wildman–Crippen LogP) is 3.79. The zero-order chi connectivity index (χ0) is 20.0. The first kappa shape index (κ1) is 18.8. The van der Waals surface area contributed by atoms with Crippen LogP contribution in [0, 0.1) is 0 Å². The molecule has 2 aliphatic heterocycles. The third-order valence-electron chi connectivity index (χ3n) is 5.00. The summed E-state index contributed by atoms with van der Waals surface area (Å²) in [5.41, 5.74) is 1.16. The molecule has 1 aromatic heterocycles. The van der Waals surface area contributed by atoms with Crippen LogP contribution in [0.3, 0.4) is 0 Å². The van der Waals surface area contributed by atoms with Gasteiger partial charge in [0, 0.05) is 28.6 Å². The zero-order valence-electron chi connectivity index (χ0n) is 15.1. The molecule has 2 saturated heterocycles. The standard InChI is InChI=1S/C21H17BrO7/c22-14-6-12-13(7-19(24)27-16(12)8-15(14)23)21-25-9-17-18(10-26-21)29-20(28-17)11-4-2-1-3-5-11/h1-8,17-18,20-21,23H,9-10H2. The Morgan fingerprint density at radius 1 is 0.931 bits per heavy atom. The highest BCUT2D eigenvalue weighted by Crippen LogP contribution is 2.38. The Balaban J connectivity index is 1.39. The molecule has 0 saturated carbocycles. The topological polar surface area (TPSA) is 87.4 Å². The van der Waals surface area contributed by atoms with Crippen LogP contribution in [0.15, 0.2) is 62.2 Å². The maximum atomic E-state index is 12.0. The molecular formula is C21H17BrO7. The Morgan fingerprint density at radius 2 is 1.62 bits per heavy atom. The molecular weight excluding hydrogens is 444 g/mol. The molecule has 3 aromatic rings. The maximum Gasteiger partial charge on any atom is 0.336 e. The number of benzene rings is 2. The quantitative estimate of drug-likeness (QED) is 0.582. The van der Waals surface area contributed by atoms with Gasteiger partial charge < -0.3 is 28.5 Å². The highest BCUT2D eigenvalue weighted by atomic mass is 79.9. The summed E-state index contributed by atoms with van der Waals surface area (Å²) in [6, 6.07) is 14.1. The van der Waals surface area contributed by atoms with E-state index in [1.165, 1.54) is 12.1 Å². The van der Waals surface area contributed by atoms with E-state index >= 15 is 0 Å². The van der Waals surface area contributed by atoms with Gasteiger partial charge in [-0.1, -0.05) is 30.3 Å². The second-order valence-corrected chi connectivity index (χ2v) is 7.77. The average molecular weight is 461 g/mol. The van der Waals surface area contributed by atoms with Crippen LogP contribution in [-0.2, 0) is 18.9 Å². The lowest BCUT2D eigenvalue weighted by Crippen LogP contribution is -2.27. The van der Waals surface area contributed by atoms with Crippen LogP contribution < -0.4 is 5.63 Å². The second kappa shape index (κ2) is 7.55. The molecule has 0 amide bonds. The summed E-state index contributed by atoms with van der Waals surface area (Å²) in [6.07, 6.45) is -1.82. The smallest absolute Gasteiger partial charge is 0.336 e. The number of ether oxygens (including phenoxy) is 4. The number of phenols is 1. The molecule has 2 fully saturated rings. The van der Waals surface area contributed by atoms with E-state index in [4.69, 9.17) is 23.4 Å². The summed E-state index contributed by atoms with van der Waals surface area (Å²) in [4.78, 5) is 12.0. The van der Waals surface area contributed by atoms with E-state index in [1.54, 1.807) is 6.07 Å². The fraction of sp³-hybridized carbons (Fsp3) is 0.286. The minimum Gasteiger partial charge on any atom is -0.507 e. The van der Waals surface area contributed by atoms with E-state index in [2.05, 4.69) is 15.9 Å². The highest BCUT2D eigenvalue weighted by molar-refractivity contribution is 9.10. The van der Waals surface area contributed by atoms with E-state index in [1.807, 2.05) is 30.3 Å². The molecule has 7 nitrogen and oxygen atoms in total. The molecule has 2 atom stereocenters. The molecule has 150 valence electrons. The molecule has 2 aliphatic rings. The molecule has 2 aromatic carbocycles. The lowest BCUT2D eigenvalue weighted by atomic mass is 10.1. The molecule has 2 unspecified atom stereocenters. The van der Waals surface area contributed by atoms with Gasteiger partial charge in [0.1, 0.15) is 23.5 Å². The monoisotopic (exact) mass is 460 g/mol. The fourth-order valence-electron chi connectivity index (χ4n) is 3.57. The van der Waals surface area contributed by atoms with E-state index in [0.29, 0.717) is 15.4 Å². The average Bonchev–Trinajstić information content (AvgIpc) is 3.03. The van der Waals surface area contributed by atoms with E-state index in [9.17, 15) is 9.90 Å². The van der Waals surface area contributed by atoms with Gasteiger partial charge in [0.25, 0.3) is 0 Å². The van der Waals surface area contributed by atoms with Crippen molar-refractivity contribution in [2.24, 2.45) is 0 Å². The first-order valence-corrected chi connectivity index (χ1v) is 9.93. The molecule has 29 heavy (non-hydrogen) atoms. The van der Waals surface area contributed by atoms with Crippen molar-refractivity contribution in [3.05, 3.63) is 74.6 Å². The Bertz CT molecular complexity index is 1080. The molecule has 0 aliphatic carbocycles. The summed E-state index contributed by atoms with van der Waals surface area (Å²) in [6.45, 7) is 0.499. The maximum absolute atomic E-state index is 12.0. The summed E-state index contributed by atoms with van der Waals surface area (Å²) in [5, 5.41) is 10.5. The molecule has 0 radical (unpaired) electrons. The number of aromatic hydroxyl groups is 1. The summed E-state index contributed by atoms with van der Waals surface area (Å²) in [5.74, 6) is -0.0243. The van der Waals surface area contributed by atoms with Gasteiger partial charge in [-0.3, -0.25) is 0 Å². The second-order valence-electron chi connectivity index (χ2n) is 6.91. The van der Waals surface area contributed by atoms with Gasteiger partial charge in [-0.05, 0) is 22.0 Å². The van der Waals surface area contributed by atoms with Crippen LogP contribution in [0.2, 0.25) is 0 Å². The number of hydrogen-bond acceptors (Lipinski definition) is 7. The molecule has 3 heterocycles. The van der Waals surface area contributed by atoms with Crippen molar-refractivity contribution in [3.8, 4) is 5.75 Å². The van der Waals surface area contributed by atoms with Crippen molar-refractivity contribution in [1.82, 2.24) is 0 Å². The number of phenolic OH excluding ortho intramolecular Hbond substituents is 1. The third kappa shape index (κ3) is 3.58. The number of rotatable bonds is 2. The minimum absolute atomic E-state index is 0.0243. The van der Waals surface area contributed by atoms with E-state index < -0.39 is 18.2 Å². The van der Waals surface area contributed by atoms with Crippen molar-refractivity contribution >= 4 is 26.9 Å². The van der Waals surface area contributed by atoms with Crippen LogP contribution in [0.25, 0.3) is 11.0 Å². The number of hydrogen-bond donors (Lipinski definition) is 1. The molecule has 0 bridgehead atoms. The Kier molecular flexibility index (Phi) is 4.89. The van der Waals surface area contributed by atoms with Crippen LogP contribution in [-0.4, -0.2) is 30.5 Å². The van der Waals surface area contributed by atoms with E-state index in [-0.39, 0.29) is 36.8 Å². The lowest BCUT2D eigenvalue weighted by molar-refractivity contribution is -0.167. The van der Waals surface area contributed by atoms with Crippen LogP contribution >= 0.6 is 15.9 Å². The van der Waals surface area contributed by atoms with Gasteiger partial charge in [0.15, 0.2) is 12.6 Å². The molecule has 8 heteroatoms. The highest BCUT2D eigenvalue weighted by Gasteiger charge is 2.40. The Morgan fingerprint density at radius 3 is 2.31 bits per heavy atom.